The number of carbonyl (C=O) groups excluding carboxylic acids is 4. The smallest absolute Gasteiger partial charge is 0.326 e. The van der Waals surface area contributed by atoms with Crippen LogP contribution in [0.2, 0.25) is 0 Å². The Kier molecular flexibility index (Phi) is 38.5. The van der Waals surface area contributed by atoms with Crippen LogP contribution in [0, 0.1) is 0 Å². The van der Waals surface area contributed by atoms with E-state index in [1.165, 1.54) is 25.7 Å². The molecular formula is C40H74N5O14P. The molecule has 0 spiro atoms. The van der Waals surface area contributed by atoms with Gasteiger partial charge in [-0.1, -0.05) is 80.0 Å². The molecule has 0 aliphatic heterocycles. The maximum absolute atomic E-state index is 12.3. The van der Waals surface area contributed by atoms with Gasteiger partial charge in [0.1, 0.15) is 25.3 Å². The van der Waals surface area contributed by atoms with Crippen LogP contribution in [0.1, 0.15) is 128 Å². The molecule has 0 aliphatic rings. The number of carbonyl (C=O) groups is 7. The van der Waals surface area contributed by atoms with Crippen LogP contribution >= 0.6 is 9.39 Å². The van der Waals surface area contributed by atoms with E-state index in [0.29, 0.717) is 32.2 Å². The molecule has 0 aromatic heterocycles. The third-order valence-electron chi connectivity index (χ3n) is 9.18. The van der Waals surface area contributed by atoms with Gasteiger partial charge in [-0.25, -0.2) is 4.79 Å². The van der Waals surface area contributed by atoms with E-state index in [9.17, 15) is 38.7 Å². The molecule has 0 bridgehead atoms. The SMILES string of the molecule is O=C(O)CCCCCCCCCCCCCCCC(=O)N[C@@H](CCC(=O)NCCOCCOCC(=O)NCCOCCOCC(=O)NCCCC[C@H](NP)C(=O)O)C(=O)O. The number of carboxylic acid groups (broad SMARTS) is 3. The average molecular weight is 880 g/mol. The van der Waals surface area contributed by atoms with Crippen LogP contribution in [0.4, 0.5) is 0 Å². The quantitative estimate of drug-likeness (QED) is 0.0323. The molecule has 19 nitrogen and oxygen atoms in total. The summed E-state index contributed by atoms with van der Waals surface area (Å²) >= 11 is 0. The van der Waals surface area contributed by atoms with Crippen molar-refractivity contribution in [3.05, 3.63) is 0 Å². The molecule has 0 fully saturated rings. The molecular weight excluding hydrogens is 805 g/mol. The summed E-state index contributed by atoms with van der Waals surface area (Å²) in [5.41, 5.74) is 0. The second-order valence-electron chi connectivity index (χ2n) is 14.4. The van der Waals surface area contributed by atoms with Crippen LogP contribution in [0.3, 0.4) is 0 Å². The zero-order chi connectivity index (χ0) is 44.5. The fourth-order valence-corrected chi connectivity index (χ4v) is 6.08. The van der Waals surface area contributed by atoms with Gasteiger partial charge < -0.3 is 55.5 Å². The Hall–Kier alpha value is -3.48. The summed E-state index contributed by atoms with van der Waals surface area (Å²) in [7, 11) is 2.19. The molecule has 0 saturated heterocycles. The van der Waals surface area contributed by atoms with Crippen LogP contribution < -0.4 is 26.4 Å². The molecule has 0 heterocycles. The van der Waals surface area contributed by atoms with Crippen molar-refractivity contribution in [1.82, 2.24) is 26.4 Å². The number of nitrogens with one attached hydrogen (secondary N) is 5. The van der Waals surface area contributed by atoms with E-state index in [4.69, 9.17) is 29.2 Å². The van der Waals surface area contributed by atoms with Crippen molar-refractivity contribution in [2.45, 2.75) is 141 Å². The Morgan fingerprint density at radius 3 is 1.32 bits per heavy atom. The average Bonchev–Trinajstić information content (AvgIpc) is 3.20. The Balaban J connectivity index is 3.66. The maximum atomic E-state index is 12.3. The number of ether oxygens (including phenoxy) is 4. The highest BCUT2D eigenvalue weighted by atomic mass is 31.0. The van der Waals surface area contributed by atoms with E-state index < -0.39 is 30.0 Å². The van der Waals surface area contributed by atoms with E-state index in [0.717, 1.165) is 51.4 Å². The van der Waals surface area contributed by atoms with Gasteiger partial charge >= 0.3 is 17.9 Å². The Labute approximate surface area is 357 Å². The molecule has 1 unspecified atom stereocenters. The minimum atomic E-state index is -1.19. The number of hydrogen-bond acceptors (Lipinski definition) is 12. The van der Waals surface area contributed by atoms with E-state index in [1.807, 2.05) is 0 Å². The summed E-state index contributed by atoms with van der Waals surface area (Å²) in [5.74, 6) is -4.13. The van der Waals surface area contributed by atoms with Crippen molar-refractivity contribution >= 4 is 50.9 Å². The lowest BCUT2D eigenvalue weighted by atomic mass is 10.0. The minimum Gasteiger partial charge on any atom is -0.481 e. The standard InChI is InChI=1S/C40H74N5O14P/c46-34(20-19-32(39(52)53)44-35(47)17-12-10-8-6-4-2-1-3-5-7-9-11-13-18-38(50)51)42-22-24-56-26-29-59-31-37(49)43-23-25-57-27-28-58-30-36(48)41-21-15-14-16-33(45-60)40(54)55/h32-33,45H,1-31,60H2,(H,41,48)(H,42,46)(H,43,49)(H,44,47)(H,50,51)(H,52,53)(H,54,55)/t32-,33-/m0/s1. The fourth-order valence-electron chi connectivity index (χ4n) is 5.77. The number of unbranched alkanes of at least 4 members (excludes halogenated alkanes) is 13. The van der Waals surface area contributed by atoms with Gasteiger partial charge in [0.25, 0.3) is 0 Å². The molecule has 348 valence electrons. The lowest BCUT2D eigenvalue weighted by Crippen LogP contribution is -2.41. The van der Waals surface area contributed by atoms with E-state index in [2.05, 4.69) is 35.7 Å². The van der Waals surface area contributed by atoms with Crippen molar-refractivity contribution in [3.63, 3.8) is 0 Å². The van der Waals surface area contributed by atoms with Gasteiger partial charge in [0.2, 0.25) is 23.6 Å². The first kappa shape index (κ1) is 56.5. The first-order chi connectivity index (χ1) is 29.0. The molecule has 4 amide bonds. The summed E-state index contributed by atoms with van der Waals surface area (Å²) < 4.78 is 21.3. The highest BCUT2D eigenvalue weighted by Gasteiger charge is 2.21. The van der Waals surface area contributed by atoms with E-state index in [-0.39, 0.29) is 115 Å². The largest absolute Gasteiger partial charge is 0.481 e. The normalized spacial score (nSPS) is 12.0. The number of hydrogen-bond donors (Lipinski definition) is 8. The molecule has 0 aliphatic carbocycles. The van der Waals surface area contributed by atoms with Crippen molar-refractivity contribution in [2.75, 3.05) is 72.5 Å². The van der Waals surface area contributed by atoms with Crippen molar-refractivity contribution < 1.29 is 67.8 Å². The van der Waals surface area contributed by atoms with Crippen LogP contribution in [-0.4, -0.2) is 141 Å². The summed E-state index contributed by atoms with van der Waals surface area (Å²) in [6, 6.07) is -1.78. The topological polar surface area (TPSA) is 277 Å². The third-order valence-corrected chi connectivity index (χ3v) is 9.58. The summed E-state index contributed by atoms with van der Waals surface area (Å²) in [4.78, 5) is 81.2. The Bertz CT molecular complexity index is 1190. The molecule has 20 heteroatoms. The van der Waals surface area contributed by atoms with Gasteiger partial charge in [-0.15, -0.1) is 0 Å². The van der Waals surface area contributed by atoms with Gasteiger partial charge in [0, 0.05) is 38.9 Å². The lowest BCUT2D eigenvalue weighted by Gasteiger charge is -2.14. The van der Waals surface area contributed by atoms with Gasteiger partial charge in [0.05, 0.1) is 39.6 Å². The van der Waals surface area contributed by atoms with Crippen LogP contribution in [0.15, 0.2) is 0 Å². The summed E-state index contributed by atoms with van der Waals surface area (Å²) in [5, 5.41) is 40.3. The number of aliphatic carboxylic acids is 3. The van der Waals surface area contributed by atoms with Crippen LogP contribution in [0.25, 0.3) is 0 Å². The number of carboxylic acids is 3. The zero-order valence-corrected chi connectivity index (χ0v) is 36.6. The van der Waals surface area contributed by atoms with E-state index in [1.54, 1.807) is 0 Å². The first-order valence-corrected chi connectivity index (χ1v) is 22.1. The summed E-state index contributed by atoms with van der Waals surface area (Å²) in [6.45, 7) is 1.84. The number of rotatable bonds is 44. The molecule has 0 aromatic rings. The highest BCUT2D eigenvalue weighted by Crippen LogP contribution is 2.13. The third kappa shape index (κ3) is 38.7. The van der Waals surface area contributed by atoms with E-state index >= 15 is 0 Å². The second kappa shape index (κ2) is 40.9. The van der Waals surface area contributed by atoms with Gasteiger partial charge in [0.15, 0.2) is 0 Å². The molecule has 0 rings (SSSR count). The van der Waals surface area contributed by atoms with Crippen LogP contribution in [-0.2, 0) is 52.5 Å². The predicted molar refractivity (Wildman–Crippen MR) is 226 cm³/mol. The fraction of sp³-hybridized carbons (Fsp3) is 0.825. The number of amides is 4. The van der Waals surface area contributed by atoms with Gasteiger partial charge in [-0.3, -0.25) is 33.9 Å². The lowest BCUT2D eigenvalue weighted by molar-refractivity contribution is -0.142. The molecule has 3 atom stereocenters. The van der Waals surface area contributed by atoms with Gasteiger partial charge in [-0.2, -0.15) is 0 Å². The Morgan fingerprint density at radius 2 is 0.850 bits per heavy atom. The molecule has 60 heavy (non-hydrogen) atoms. The zero-order valence-electron chi connectivity index (χ0n) is 35.5. The van der Waals surface area contributed by atoms with Crippen LogP contribution in [0.5, 0.6) is 0 Å². The molecule has 8 N–H and O–H groups in total. The molecule has 0 radical (unpaired) electrons. The summed E-state index contributed by atoms with van der Waals surface area (Å²) in [6.07, 6.45) is 15.8. The minimum absolute atomic E-state index is 0.0330. The van der Waals surface area contributed by atoms with Crippen molar-refractivity contribution in [3.8, 4) is 0 Å². The van der Waals surface area contributed by atoms with Gasteiger partial charge in [-0.05, 0) is 38.5 Å². The van der Waals surface area contributed by atoms with Crippen molar-refractivity contribution in [2.24, 2.45) is 0 Å². The maximum Gasteiger partial charge on any atom is 0.326 e. The molecule has 0 saturated carbocycles. The predicted octanol–water partition coefficient (Wildman–Crippen LogP) is 2.69. The first-order valence-electron chi connectivity index (χ1n) is 21.5. The van der Waals surface area contributed by atoms with Crippen molar-refractivity contribution in [1.29, 1.82) is 0 Å². The Morgan fingerprint density at radius 1 is 0.417 bits per heavy atom. The monoisotopic (exact) mass is 879 g/mol. The second-order valence-corrected chi connectivity index (χ2v) is 14.8. The molecule has 0 aromatic carbocycles. The highest BCUT2D eigenvalue weighted by molar-refractivity contribution is 7.13.